The number of hydrogen-bond donors (Lipinski definition) is 2. The fourth-order valence-corrected chi connectivity index (χ4v) is 3.06. The average Bonchev–Trinajstić information content (AvgIpc) is 2.65. The van der Waals surface area contributed by atoms with Gasteiger partial charge < -0.3 is 5.32 Å². The molecule has 2 rings (SSSR count). The Kier molecular flexibility index (Phi) is 3.67. The maximum absolute atomic E-state index is 12.0. The minimum atomic E-state index is -3.68. The van der Waals surface area contributed by atoms with E-state index in [2.05, 4.69) is 15.1 Å². The SMILES string of the molecule is Cn1cc(S(=O)(=O)NC2CCCCNC2=O)cn1. The van der Waals surface area contributed by atoms with Crippen molar-refractivity contribution in [1.82, 2.24) is 19.8 Å². The van der Waals surface area contributed by atoms with E-state index in [-0.39, 0.29) is 10.8 Å². The largest absolute Gasteiger partial charge is 0.355 e. The summed E-state index contributed by atoms with van der Waals surface area (Å²) in [7, 11) is -2.05. The first-order valence-electron chi connectivity index (χ1n) is 5.78. The van der Waals surface area contributed by atoms with Gasteiger partial charge in [0, 0.05) is 19.8 Å². The number of aromatic nitrogens is 2. The number of hydrogen-bond acceptors (Lipinski definition) is 4. The van der Waals surface area contributed by atoms with Gasteiger partial charge in [0.2, 0.25) is 15.9 Å². The number of carbonyl (C=O) groups is 1. The third kappa shape index (κ3) is 2.88. The van der Waals surface area contributed by atoms with Gasteiger partial charge in [0.25, 0.3) is 0 Å². The number of aryl methyl sites for hydroxylation is 1. The third-order valence-electron chi connectivity index (χ3n) is 2.82. The quantitative estimate of drug-likeness (QED) is 0.766. The molecule has 1 fully saturated rings. The van der Waals surface area contributed by atoms with Gasteiger partial charge in [-0.15, -0.1) is 0 Å². The van der Waals surface area contributed by atoms with Crippen molar-refractivity contribution in [2.75, 3.05) is 6.54 Å². The van der Waals surface area contributed by atoms with Crippen molar-refractivity contribution in [2.24, 2.45) is 7.05 Å². The van der Waals surface area contributed by atoms with Gasteiger partial charge in [-0.25, -0.2) is 8.42 Å². The summed E-state index contributed by atoms with van der Waals surface area (Å²) in [6.45, 7) is 0.601. The van der Waals surface area contributed by atoms with Crippen molar-refractivity contribution in [3.8, 4) is 0 Å². The predicted octanol–water partition coefficient (Wildman–Crippen LogP) is -0.633. The first-order chi connectivity index (χ1) is 8.49. The molecule has 1 amide bonds. The van der Waals surface area contributed by atoms with Gasteiger partial charge >= 0.3 is 0 Å². The Morgan fingerprint density at radius 3 is 2.94 bits per heavy atom. The van der Waals surface area contributed by atoms with Gasteiger partial charge in [0.15, 0.2) is 0 Å². The summed E-state index contributed by atoms with van der Waals surface area (Å²) in [4.78, 5) is 11.7. The van der Waals surface area contributed by atoms with Gasteiger partial charge in [-0.2, -0.15) is 9.82 Å². The summed E-state index contributed by atoms with van der Waals surface area (Å²) >= 11 is 0. The van der Waals surface area contributed by atoms with Crippen molar-refractivity contribution in [2.45, 2.75) is 30.2 Å². The molecule has 1 aromatic heterocycles. The molecule has 100 valence electrons. The molecule has 1 aromatic rings. The molecule has 0 saturated carbocycles. The Hall–Kier alpha value is -1.41. The number of nitrogens with one attached hydrogen (secondary N) is 2. The summed E-state index contributed by atoms with van der Waals surface area (Å²) in [5.41, 5.74) is 0. The molecule has 1 aliphatic rings. The molecular weight excluding hydrogens is 256 g/mol. The lowest BCUT2D eigenvalue weighted by Crippen LogP contribution is -2.45. The lowest BCUT2D eigenvalue weighted by Gasteiger charge is -2.14. The second kappa shape index (κ2) is 5.07. The zero-order valence-corrected chi connectivity index (χ0v) is 10.9. The van der Waals surface area contributed by atoms with Crippen LogP contribution in [-0.2, 0) is 21.9 Å². The van der Waals surface area contributed by atoms with Crippen molar-refractivity contribution in [3.63, 3.8) is 0 Å². The van der Waals surface area contributed by atoms with Crippen LogP contribution in [0.2, 0.25) is 0 Å². The molecule has 2 heterocycles. The van der Waals surface area contributed by atoms with Crippen LogP contribution in [0.3, 0.4) is 0 Å². The number of sulfonamides is 1. The van der Waals surface area contributed by atoms with E-state index in [0.29, 0.717) is 13.0 Å². The molecule has 1 aliphatic heterocycles. The maximum atomic E-state index is 12.0. The van der Waals surface area contributed by atoms with Crippen LogP contribution >= 0.6 is 0 Å². The van der Waals surface area contributed by atoms with E-state index in [1.807, 2.05) is 0 Å². The van der Waals surface area contributed by atoms with E-state index in [4.69, 9.17) is 0 Å². The van der Waals surface area contributed by atoms with Crippen molar-refractivity contribution in [3.05, 3.63) is 12.4 Å². The maximum Gasteiger partial charge on any atom is 0.244 e. The lowest BCUT2D eigenvalue weighted by molar-refractivity contribution is -0.122. The van der Waals surface area contributed by atoms with Crippen LogP contribution in [0.5, 0.6) is 0 Å². The van der Waals surface area contributed by atoms with Gasteiger partial charge in [0.05, 0.1) is 6.20 Å². The van der Waals surface area contributed by atoms with E-state index < -0.39 is 16.1 Å². The second-order valence-electron chi connectivity index (χ2n) is 4.31. The number of rotatable bonds is 3. The van der Waals surface area contributed by atoms with Crippen molar-refractivity contribution >= 4 is 15.9 Å². The van der Waals surface area contributed by atoms with Crippen LogP contribution in [0.4, 0.5) is 0 Å². The minimum absolute atomic E-state index is 0.0713. The molecule has 2 N–H and O–H groups in total. The highest BCUT2D eigenvalue weighted by Gasteiger charge is 2.27. The second-order valence-corrected chi connectivity index (χ2v) is 6.02. The summed E-state index contributed by atoms with van der Waals surface area (Å²) in [6.07, 6.45) is 4.87. The van der Waals surface area contributed by atoms with E-state index in [1.54, 1.807) is 7.05 Å². The first kappa shape index (κ1) is 13.0. The van der Waals surface area contributed by atoms with Gasteiger partial charge in [-0.05, 0) is 19.3 Å². The molecule has 8 heteroatoms. The van der Waals surface area contributed by atoms with Gasteiger partial charge in [-0.1, -0.05) is 0 Å². The Bertz CT molecular complexity index is 537. The van der Waals surface area contributed by atoms with Gasteiger partial charge in [0.1, 0.15) is 10.9 Å². The zero-order valence-electron chi connectivity index (χ0n) is 10.1. The predicted molar refractivity (Wildman–Crippen MR) is 64.2 cm³/mol. The molecule has 0 spiro atoms. The Morgan fingerprint density at radius 2 is 2.28 bits per heavy atom. The fraction of sp³-hybridized carbons (Fsp3) is 0.600. The summed E-state index contributed by atoms with van der Waals surface area (Å²) < 4.78 is 27.9. The highest BCUT2D eigenvalue weighted by Crippen LogP contribution is 2.11. The highest BCUT2D eigenvalue weighted by molar-refractivity contribution is 7.89. The number of amides is 1. The van der Waals surface area contributed by atoms with Gasteiger partial charge in [-0.3, -0.25) is 9.48 Å². The fourth-order valence-electron chi connectivity index (χ4n) is 1.84. The van der Waals surface area contributed by atoms with E-state index >= 15 is 0 Å². The number of carbonyl (C=O) groups excluding carboxylic acids is 1. The molecule has 1 unspecified atom stereocenters. The normalized spacial score (nSPS) is 21.4. The topological polar surface area (TPSA) is 93.1 Å². The molecule has 18 heavy (non-hydrogen) atoms. The molecule has 7 nitrogen and oxygen atoms in total. The standard InChI is InChI=1S/C10H16N4O3S/c1-14-7-8(6-12-14)18(16,17)13-9-4-2-3-5-11-10(9)15/h6-7,9,13H,2-5H2,1H3,(H,11,15). The summed E-state index contributed by atoms with van der Waals surface area (Å²) in [6, 6.07) is -0.697. The summed E-state index contributed by atoms with van der Waals surface area (Å²) in [5.74, 6) is -0.264. The van der Waals surface area contributed by atoms with E-state index in [0.717, 1.165) is 12.8 Å². The molecule has 1 saturated heterocycles. The zero-order chi connectivity index (χ0) is 13.2. The van der Waals surface area contributed by atoms with Crippen LogP contribution in [-0.4, -0.2) is 36.7 Å². The minimum Gasteiger partial charge on any atom is -0.355 e. The smallest absolute Gasteiger partial charge is 0.244 e. The molecule has 0 aromatic carbocycles. The van der Waals surface area contributed by atoms with Crippen LogP contribution in [0.15, 0.2) is 17.3 Å². The molecular formula is C10H16N4O3S. The van der Waals surface area contributed by atoms with E-state index in [1.165, 1.54) is 17.1 Å². The Balaban J connectivity index is 2.14. The van der Waals surface area contributed by atoms with Crippen molar-refractivity contribution < 1.29 is 13.2 Å². The molecule has 0 aliphatic carbocycles. The average molecular weight is 272 g/mol. The van der Waals surface area contributed by atoms with E-state index in [9.17, 15) is 13.2 Å². The lowest BCUT2D eigenvalue weighted by atomic mass is 10.1. The Morgan fingerprint density at radius 1 is 1.50 bits per heavy atom. The van der Waals surface area contributed by atoms with Crippen molar-refractivity contribution in [1.29, 1.82) is 0 Å². The summed E-state index contributed by atoms with van der Waals surface area (Å²) in [5, 5.41) is 6.50. The first-order valence-corrected chi connectivity index (χ1v) is 7.26. The number of nitrogens with zero attached hydrogens (tertiary/aromatic N) is 2. The van der Waals surface area contributed by atoms with Crippen LogP contribution in [0.25, 0.3) is 0 Å². The van der Waals surface area contributed by atoms with Crippen LogP contribution in [0, 0.1) is 0 Å². The molecule has 0 bridgehead atoms. The molecule has 1 atom stereocenters. The van der Waals surface area contributed by atoms with Crippen LogP contribution < -0.4 is 10.0 Å². The third-order valence-corrected chi connectivity index (χ3v) is 4.25. The monoisotopic (exact) mass is 272 g/mol. The van der Waals surface area contributed by atoms with Crippen LogP contribution in [0.1, 0.15) is 19.3 Å². The molecule has 0 radical (unpaired) electrons. The highest BCUT2D eigenvalue weighted by atomic mass is 32.2. The Labute approximate surface area is 106 Å².